The van der Waals surface area contributed by atoms with Gasteiger partial charge >= 0.3 is 0 Å². The van der Waals surface area contributed by atoms with Gasteiger partial charge in [-0.15, -0.1) is 0 Å². The molecule has 4 nitrogen and oxygen atoms in total. The Morgan fingerprint density at radius 1 is 1.22 bits per heavy atom. The van der Waals surface area contributed by atoms with Crippen molar-refractivity contribution in [2.24, 2.45) is 0 Å². The Kier molecular flexibility index (Phi) is 6.01. The maximum absolute atomic E-state index is 13.8. The van der Waals surface area contributed by atoms with Crippen molar-refractivity contribution in [3.05, 3.63) is 76.2 Å². The van der Waals surface area contributed by atoms with Crippen molar-refractivity contribution in [2.75, 3.05) is 0 Å². The molecule has 0 bridgehead atoms. The summed E-state index contributed by atoms with van der Waals surface area (Å²) in [5, 5.41) is 2.90. The van der Waals surface area contributed by atoms with Gasteiger partial charge in [-0.3, -0.25) is 4.79 Å². The molecule has 1 aromatic heterocycles. The van der Waals surface area contributed by atoms with Crippen molar-refractivity contribution in [3.8, 4) is 11.3 Å². The van der Waals surface area contributed by atoms with Crippen molar-refractivity contribution >= 4 is 21.8 Å². The van der Waals surface area contributed by atoms with Gasteiger partial charge in [0, 0.05) is 17.3 Å². The number of nitrogens with zero attached hydrogens (tertiary/aromatic N) is 1. The molecule has 1 atom stereocenters. The van der Waals surface area contributed by atoms with Crippen molar-refractivity contribution in [2.45, 2.75) is 25.8 Å². The third kappa shape index (κ3) is 4.80. The number of aromatic nitrogens is 1. The molecule has 1 amide bonds. The normalized spacial score (nSPS) is 12.0. The predicted molar refractivity (Wildman–Crippen MR) is 101 cm³/mol. The van der Waals surface area contributed by atoms with E-state index >= 15 is 0 Å². The van der Waals surface area contributed by atoms with Gasteiger partial charge in [-0.2, -0.15) is 0 Å². The van der Waals surface area contributed by atoms with E-state index in [0.29, 0.717) is 0 Å². The van der Waals surface area contributed by atoms with Gasteiger partial charge < -0.3 is 9.73 Å². The number of carbonyl (C=O) groups excluding carboxylic acids is 1. The highest BCUT2D eigenvalue weighted by molar-refractivity contribution is 9.10. The number of oxazole rings is 1. The topological polar surface area (TPSA) is 55.1 Å². The summed E-state index contributed by atoms with van der Waals surface area (Å²) in [4.78, 5) is 16.2. The van der Waals surface area contributed by atoms with Crippen LogP contribution in [0.5, 0.6) is 0 Å². The first-order chi connectivity index (χ1) is 12.9. The van der Waals surface area contributed by atoms with Crippen molar-refractivity contribution in [3.63, 3.8) is 0 Å². The first-order valence-electron chi connectivity index (χ1n) is 8.38. The molecule has 0 aliphatic carbocycles. The quantitative estimate of drug-likeness (QED) is 0.580. The minimum absolute atomic E-state index is 0.00325. The van der Waals surface area contributed by atoms with E-state index in [1.54, 1.807) is 0 Å². The summed E-state index contributed by atoms with van der Waals surface area (Å²) in [6.45, 7) is 1.89. The molecule has 0 aliphatic rings. The highest BCUT2D eigenvalue weighted by atomic mass is 79.9. The fraction of sp³-hybridized carbons (Fsp3) is 0.200. The molecule has 1 N–H and O–H groups in total. The molecule has 0 fully saturated rings. The van der Waals surface area contributed by atoms with Crippen LogP contribution in [0, 0.1) is 11.6 Å². The Morgan fingerprint density at radius 3 is 2.63 bits per heavy atom. The fourth-order valence-electron chi connectivity index (χ4n) is 2.67. The van der Waals surface area contributed by atoms with Crippen LogP contribution in [0.2, 0.25) is 0 Å². The molecule has 3 aromatic rings. The summed E-state index contributed by atoms with van der Waals surface area (Å²) in [5.41, 5.74) is 0.718. The number of aryl methyl sites for hydroxylation is 1. The van der Waals surface area contributed by atoms with Crippen molar-refractivity contribution in [1.82, 2.24) is 10.3 Å². The van der Waals surface area contributed by atoms with E-state index in [1.165, 1.54) is 12.3 Å². The number of halogens is 3. The number of rotatable bonds is 6. The van der Waals surface area contributed by atoms with E-state index in [-0.39, 0.29) is 42.0 Å². The molecule has 0 aliphatic heterocycles. The Balaban J connectivity index is 1.59. The first kappa shape index (κ1) is 19.2. The van der Waals surface area contributed by atoms with Gasteiger partial charge in [0.15, 0.2) is 11.7 Å². The van der Waals surface area contributed by atoms with Crippen LogP contribution in [0.15, 0.2) is 57.6 Å². The summed E-state index contributed by atoms with van der Waals surface area (Å²) in [6.07, 6.45) is 1.64. The molecule has 7 heteroatoms. The van der Waals surface area contributed by atoms with Crippen LogP contribution < -0.4 is 5.32 Å². The molecule has 0 spiro atoms. The van der Waals surface area contributed by atoms with Crippen LogP contribution in [0.25, 0.3) is 11.3 Å². The predicted octanol–water partition coefficient (Wildman–Crippen LogP) is 5.19. The Hall–Kier alpha value is -2.54. The number of amides is 1. The summed E-state index contributed by atoms with van der Waals surface area (Å²) >= 11 is 3.40. The zero-order valence-corrected chi connectivity index (χ0v) is 16.1. The van der Waals surface area contributed by atoms with Gasteiger partial charge in [0.25, 0.3) is 0 Å². The van der Waals surface area contributed by atoms with Gasteiger partial charge in [-0.05, 0) is 36.8 Å². The summed E-state index contributed by atoms with van der Waals surface area (Å²) in [5.74, 6) is -1.36. The maximum Gasteiger partial charge on any atom is 0.220 e. The molecule has 3 rings (SSSR count). The van der Waals surface area contributed by atoms with E-state index < -0.39 is 11.6 Å². The summed E-state index contributed by atoms with van der Waals surface area (Å²) in [7, 11) is 0. The monoisotopic (exact) mass is 434 g/mol. The lowest BCUT2D eigenvalue weighted by molar-refractivity contribution is -0.121. The number of benzene rings is 2. The maximum atomic E-state index is 13.8. The van der Waals surface area contributed by atoms with Gasteiger partial charge in [0.2, 0.25) is 5.91 Å². The van der Waals surface area contributed by atoms with Crippen LogP contribution in [-0.2, 0) is 11.2 Å². The lowest BCUT2D eigenvalue weighted by atomic mass is 10.1. The van der Waals surface area contributed by atoms with Crippen LogP contribution in [-0.4, -0.2) is 10.9 Å². The van der Waals surface area contributed by atoms with Gasteiger partial charge in [-0.25, -0.2) is 13.8 Å². The minimum atomic E-state index is -0.724. The zero-order chi connectivity index (χ0) is 19.4. The van der Waals surface area contributed by atoms with E-state index in [4.69, 9.17) is 4.42 Å². The van der Waals surface area contributed by atoms with Crippen molar-refractivity contribution in [1.29, 1.82) is 0 Å². The zero-order valence-electron chi connectivity index (χ0n) is 14.5. The van der Waals surface area contributed by atoms with E-state index in [0.717, 1.165) is 22.2 Å². The van der Waals surface area contributed by atoms with E-state index in [1.807, 2.05) is 31.2 Å². The number of hydrogen-bond acceptors (Lipinski definition) is 3. The third-order valence-corrected chi connectivity index (χ3v) is 4.55. The highest BCUT2D eigenvalue weighted by Crippen LogP contribution is 2.26. The van der Waals surface area contributed by atoms with Crippen LogP contribution >= 0.6 is 15.9 Å². The molecule has 140 valence electrons. The lowest BCUT2D eigenvalue weighted by Gasteiger charge is -2.14. The largest absolute Gasteiger partial charge is 0.441 e. The van der Waals surface area contributed by atoms with Crippen LogP contribution in [0.3, 0.4) is 0 Å². The molecule has 0 unspecified atom stereocenters. The molecule has 0 saturated heterocycles. The highest BCUT2D eigenvalue weighted by Gasteiger charge is 2.17. The molecular formula is C20H17BrF2N2O2. The smallest absolute Gasteiger partial charge is 0.220 e. The minimum Gasteiger partial charge on any atom is -0.441 e. The van der Waals surface area contributed by atoms with Crippen LogP contribution in [0.1, 0.15) is 30.8 Å². The summed E-state index contributed by atoms with van der Waals surface area (Å²) in [6, 6.07) is 11.1. The van der Waals surface area contributed by atoms with Crippen molar-refractivity contribution < 1.29 is 18.0 Å². The Bertz CT molecular complexity index is 938. The lowest BCUT2D eigenvalue weighted by Crippen LogP contribution is -2.26. The molecule has 2 aromatic carbocycles. The van der Waals surface area contributed by atoms with Gasteiger partial charge in [0.1, 0.15) is 11.6 Å². The number of nitrogens with one attached hydrogen (secondary N) is 1. The van der Waals surface area contributed by atoms with Gasteiger partial charge in [0.05, 0.1) is 17.8 Å². The molecule has 27 heavy (non-hydrogen) atoms. The first-order valence-corrected chi connectivity index (χ1v) is 9.17. The number of hydrogen-bond donors (Lipinski definition) is 1. The molecule has 1 heterocycles. The van der Waals surface area contributed by atoms with Gasteiger partial charge in [-0.1, -0.05) is 34.1 Å². The SMILES string of the molecule is C[C@H](NC(=O)CCc1ncc(-c2c(F)cccc2F)o1)c1cccc(Br)c1. The average molecular weight is 435 g/mol. The van der Waals surface area contributed by atoms with E-state index in [9.17, 15) is 13.6 Å². The third-order valence-electron chi connectivity index (χ3n) is 4.05. The second-order valence-electron chi connectivity index (χ2n) is 6.06. The van der Waals surface area contributed by atoms with E-state index in [2.05, 4.69) is 26.2 Å². The molecule has 0 saturated carbocycles. The Labute approximate surface area is 163 Å². The summed E-state index contributed by atoms with van der Waals surface area (Å²) < 4.78 is 33.9. The fourth-order valence-corrected chi connectivity index (χ4v) is 3.08. The second-order valence-corrected chi connectivity index (χ2v) is 6.97. The average Bonchev–Trinajstić information content (AvgIpc) is 3.08. The second kappa shape index (κ2) is 8.43. The molecular weight excluding hydrogens is 418 g/mol. The van der Waals surface area contributed by atoms with Crippen LogP contribution in [0.4, 0.5) is 8.78 Å². The molecule has 0 radical (unpaired) electrons. The number of carbonyl (C=O) groups is 1. The Morgan fingerprint density at radius 2 is 1.93 bits per heavy atom. The standard InChI is InChI=1S/C20H17BrF2N2O2/c1-12(13-4-2-5-14(21)10-13)25-18(26)8-9-19-24-11-17(27-19)20-15(22)6-3-7-16(20)23/h2-7,10-12H,8-9H2,1H3,(H,25,26)/t12-/m0/s1.